The van der Waals surface area contributed by atoms with Gasteiger partial charge in [0.05, 0.1) is 12.0 Å². The lowest BCUT2D eigenvalue weighted by Gasteiger charge is -2.44. The molecule has 1 aromatic heterocycles. The molecule has 0 amide bonds. The predicted octanol–water partition coefficient (Wildman–Crippen LogP) is -0.0413. The highest BCUT2D eigenvalue weighted by Crippen LogP contribution is 2.32. The molecule has 5 N–H and O–H groups in total. The normalized spacial score (nSPS) is 29.1. The van der Waals surface area contributed by atoms with E-state index in [1.54, 1.807) is 24.3 Å². The molecule has 9 nitrogen and oxygen atoms in total. The predicted molar refractivity (Wildman–Crippen MR) is 103 cm³/mol. The molecule has 1 saturated heterocycles. The Balaban J connectivity index is 1.70. The Morgan fingerprint density at radius 2 is 1.73 bits per heavy atom. The van der Waals surface area contributed by atoms with Gasteiger partial charge in [0.15, 0.2) is 11.5 Å². The number of hydrogen-bond acceptors (Lipinski definition) is 9. The molecule has 0 spiro atoms. The number of rotatable bonds is 4. The lowest BCUT2D eigenvalue weighted by molar-refractivity contribution is -0.422. The van der Waals surface area contributed by atoms with Crippen LogP contribution >= 0.6 is 0 Å². The first-order valence-corrected chi connectivity index (χ1v) is 9.20. The van der Waals surface area contributed by atoms with Crippen LogP contribution in [0.5, 0.6) is 5.75 Å². The summed E-state index contributed by atoms with van der Waals surface area (Å²) in [4.78, 5) is 12.4. The quantitative estimate of drug-likeness (QED) is 0.369. The highest BCUT2D eigenvalue weighted by atomic mass is 16.8. The molecular weight excluding hydrogens is 396 g/mol. The second-order valence-corrected chi connectivity index (χ2v) is 7.00. The van der Waals surface area contributed by atoms with Gasteiger partial charge in [-0.2, -0.15) is 0 Å². The second-order valence-electron chi connectivity index (χ2n) is 7.00. The van der Waals surface area contributed by atoms with Crippen molar-refractivity contribution in [2.24, 2.45) is 0 Å². The van der Waals surface area contributed by atoms with Gasteiger partial charge in [-0.3, -0.25) is 4.79 Å². The van der Waals surface area contributed by atoms with Gasteiger partial charge in [-0.1, -0.05) is 30.3 Å². The Hall–Kier alpha value is -2.79. The summed E-state index contributed by atoms with van der Waals surface area (Å²) in [6, 6.07) is 14.4. The van der Waals surface area contributed by atoms with Crippen molar-refractivity contribution in [1.29, 1.82) is 0 Å². The first kappa shape index (κ1) is 20.5. The Labute approximate surface area is 170 Å². The van der Waals surface area contributed by atoms with Crippen molar-refractivity contribution >= 4 is 11.0 Å². The summed E-state index contributed by atoms with van der Waals surface area (Å²) in [5.41, 5.74) is 0.565. The molecular formula is C21H20O9. The molecule has 5 atom stereocenters. The molecule has 4 rings (SSSR count). The fourth-order valence-corrected chi connectivity index (χ4v) is 3.32. The minimum atomic E-state index is -2.75. The number of hydrogen-bond donors (Lipinski definition) is 5. The maximum atomic E-state index is 12.4. The van der Waals surface area contributed by atoms with Gasteiger partial charge in [-0.15, -0.1) is 0 Å². The van der Waals surface area contributed by atoms with Gasteiger partial charge in [-0.25, -0.2) is 0 Å². The minimum Gasteiger partial charge on any atom is -0.456 e. The first-order chi connectivity index (χ1) is 14.3. The van der Waals surface area contributed by atoms with Gasteiger partial charge in [0.1, 0.15) is 35.4 Å². The molecule has 158 valence electrons. The minimum absolute atomic E-state index is 0.0438. The van der Waals surface area contributed by atoms with E-state index >= 15 is 0 Å². The van der Waals surface area contributed by atoms with Gasteiger partial charge < -0.3 is 39.4 Å². The van der Waals surface area contributed by atoms with E-state index in [0.717, 1.165) is 0 Å². The van der Waals surface area contributed by atoms with E-state index in [4.69, 9.17) is 13.9 Å². The Bertz CT molecular complexity index is 1090. The summed E-state index contributed by atoms with van der Waals surface area (Å²) >= 11 is 0. The van der Waals surface area contributed by atoms with E-state index in [2.05, 4.69) is 0 Å². The summed E-state index contributed by atoms with van der Waals surface area (Å²) in [5, 5.41) is 50.0. The third-order valence-electron chi connectivity index (χ3n) is 4.95. The summed E-state index contributed by atoms with van der Waals surface area (Å²) in [6.07, 6.45) is -6.88. The molecule has 0 saturated carbocycles. The molecule has 0 bridgehead atoms. The van der Waals surface area contributed by atoms with Crippen molar-refractivity contribution in [2.75, 3.05) is 6.61 Å². The molecule has 1 aliphatic heterocycles. The summed E-state index contributed by atoms with van der Waals surface area (Å²) < 4.78 is 16.2. The van der Waals surface area contributed by atoms with E-state index in [-0.39, 0.29) is 22.1 Å². The van der Waals surface area contributed by atoms with Crippen LogP contribution in [0.3, 0.4) is 0 Å². The summed E-state index contributed by atoms with van der Waals surface area (Å²) in [5.74, 6) is -2.47. The maximum absolute atomic E-state index is 12.4. The van der Waals surface area contributed by atoms with Gasteiger partial charge in [0.2, 0.25) is 0 Å². The first-order valence-electron chi connectivity index (χ1n) is 9.20. The zero-order chi connectivity index (χ0) is 21.5. The smallest absolute Gasteiger partial charge is 0.355 e. The summed E-state index contributed by atoms with van der Waals surface area (Å²) in [7, 11) is 0. The van der Waals surface area contributed by atoms with Crippen molar-refractivity contribution in [3.63, 3.8) is 0 Å². The standard InChI is InChI=1S/C21H20O9/c22-10-17-18(24)19(25)20(26)21(27,30-17)29-12-6-7-13-14(23)9-15(28-16(13)8-12)11-4-2-1-3-5-11/h1-9,17-20,22,24-27H,10H2/t17-,18-,19+,20-,21-/m1/s1. The average molecular weight is 416 g/mol. The van der Waals surface area contributed by atoms with E-state index in [1.807, 2.05) is 6.07 Å². The molecule has 0 aliphatic carbocycles. The highest BCUT2D eigenvalue weighted by molar-refractivity contribution is 5.80. The van der Waals surface area contributed by atoms with Crippen molar-refractivity contribution in [1.82, 2.24) is 0 Å². The zero-order valence-electron chi connectivity index (χ0n) is 15.6. The molecule has 2 aromatic carbocycles. The molecule has 0 radical (unpaired) electrons. The SMILES string of the molecule is O=c1cc(-c2ccccc2)oc2cc(O[C@@]3(O)O[C@H](CO)[C@@H](O)[C@H](O)[C@H]3O)ccc12. The fourth-order valence-electron chi connectivity index (χ4n) is 3.32. The second kappa shape index (κ2) is 7.80. The molecule has 1 fully saturated rings. The molecule has 3 aromatic rings. The Morgan fingerprint density at radius 1 is 1.00 bits per heavy atom. The monoisotopic (exact) mass is 416 g/mol. The maximum Gasteiger partial charge on any atom is 0.355 e. The third-order valence-corrected chi connectivity index (χ3v) is 4.95. The van der Waals surface area contributed by atoms with Crippen LogP contribution in [0.25, 0.3) is 22.3 Å². The van der Waals surface area contributed by atoms with E-state index in [0.29, 0.717) is 11.3 Å². The van der Waals surface area contributed by atoms with E-state index in [9.17, 15) is 30.3 Å². The van der Waals surface area contributed by atoms with Gasteiger partial charge in [0.25, 0.3) is 0 Å². The third kappa shape index (κ3) is 3.58. The Kier molecular flexibility index (Phi) is 5.33. The van der Waals surface area contributed by atoms with Gasteiger partial charge >= 0.3 is 5.97 Å². The lowest BCUT2D eigenvalue weighted by Crippen LogP contribution is -2.67. The highest BCUT2D eigenvalue weighted by Gasteiger charge is 2.55. The Morgan fingerprint density at radius 3 is 2.43 bits per heavy atom. The summed E-state index contributed by atoms with van der Waals surface area (Å²) in [6.45, 7) is -0.732. The number of aliphatic hydroxyl groups excluding tert-OH is 4. The molecule has 0 unspecified atom stereocenters. The van der Waals surface area contributed by atoms with Crippen molar-refractivity contribution in [3.8, 4) is 17.1 Å². The van der Waals surface area contributed by atoms with Crippen molar-refractivity contribution < 1.29 is 39.4 Å². The van der Waals surface area contributed by atoms with Crippen LogP contribution in [0.4, 0.5) is 0 Å². The largest absolute Gasteiger partial charge is 0.456 e. The number of aliphatic hydroxyl groups is 5. The van der Waals surface area contributed by atoms with Crippen LogP contribution in [0, 0.1) is 0 Å². The van der Waals surface area contributed by atoms with Crippen LogP contribution in [-0.4, -0.2) is 62.5 Å². The molecule has 9 heteroatoms. The molecule has 30 heavy (non-hydrogen) atoms. The lowest BCUT2D eigenvalue weighted by atomic mass is 9.98. The van der Waals surface area contributed by atoms with Crippen molar-refractivity contribution in [2.45, 2.75) is 30.4 Å². The average Bonchev–Trinajstić information content (AvgIpc) is 2.75. The zero-order valence-corrected chi connectivity index (χ0v) is 15.6. The van der Waals surface area contributed by atoms with Crippen LogP contribution in [-0.2, 0) is 4.74 Å². The number of benzene rings is 2. The van der Waals surface area contributed by atoms with Crippen LogP contribution in [0.15, 0.2) is 63.8 Å². The molecule has 1 aliphatic rings. The van der Waals surface area contributed by atoms with E-state index < -0.39 is 37.0 Å². The topological polar surface area (TPSA) is 150 Å². The fraction of sp³-hybridized carbons (Fsp3) is 0.286. The van der Waals surface area contributed by atoms with Crippen LogP contribution in [0.1, 0.15) is 0 Å². The van der Waals surface area contributed by atoms with Crippen LogP contribution in [0.2, 0.25) is 0 Å². The van der Waals surface area contributed by atoms with E-state index in [1.165, 1.54) is 24.3 Å². The van der Waals surface area contributed by atoms with Crippen LogP contribution < -0.4 is 10.2 Å². The van der Waals surface area contributed by atoms with Gasteiger partial charge in [0, 0.05) is 17.7 Å². The molecule has 2 heterocycles. The van der Waals surface area contributed by atoms with Crippen molar-refractivity contribution in [3.05, 3.63) is 64.8 Å². The number of fused-ring (bicyclic) bond motifs is 1. The van der Waals surface area contributed by atoms with Gasteiger partial charge in [-0.05, 0) is 12.1 Å². The number of ether oxygens (including phenoxy) is 2.